The third kappa shape index (κ3) is 1.64. The predicted molar refractivity (Wildman–Crippen MR) is 47.9 cm³/mol. The van der Waals surface area contributed by atoms with Crippen LogP contribution in [0.4, 0.5) is 0 Å². The molecule has 0 aliphatic carbocycles. The average molecular weight is 219 g/mol. The molecule has 14 heavy (non-hydrogen) atoms. The second-order valence-electron chi connectivity index (χ2n) is 2.85. The molecule has 0 aliphatic heterocycles. The standard InChI is InChI=1S/C7H9NO5S/c1-4-3-5(9)8(2)7(10)6(4)14(11,12)13/h3,10H,1-2H3,(H,11,12,13). The van der Waals surface area contributed by atoms with Gasteiger partial charge in [0.15, 0.2) is 4.90 Å². The van der Waals surface area contributed by atoms with Crippen molar-refractivity contribution in [3.05, 3.63) is 22.0 Å². The molecular weight excluding hydrogens is 210 g/mol. The third-order valence-electron chi connectivity index (χ3n) is 1.81. The molecule has 0 radical (unpaired) electrons. The molecule has 0 spiro atoms. The van der Waals surface area contributed by atoms with Gasteiger partial charge in [0.1, 0.15) is 0 Å². The quantitative estimate of drug-likeness (QED) is 0.629. The van der Waals surface area contributed by atoms with E-state index in [0.717, 1.165) is 10.6 Å². The highest BCUT2D eigenvalue weighted by Crippen LogP contribution is 2.22. The molecule has 0 atom stereocenters. The van der Waals surface area contributed by atoms with Gasteiger partial charge in [0.2, 0.25) is 5.88 Å². The Morgan fingerprint density at radius 2 is 1.93 bits per heavy atom. The van der Waals surface area contributed by atoms with E-state index in [2.05, 4.69) is 0 Å². The Labute approximate surface area is 80.2 Å². The smallest absolute Gasteiger partial charge is 0.300 e. The molecule has 0 bridgehead atoms. The summed E-state index contributed by atoms with van der Waals surface area (Å²) in [5.74, 6) is -0.766. The first kappa shape index (κ1) is 10.7. The SMILES string of the molecule is Cc1cc(=O)n(C)c(O)c1S(=O)(=O)O. The van der Waals surface area contributed by atoms with E-state index in [0.29, 0.717) is 0 Å². The summed E-state index contributed by atoms with van der Waals surface area (Å²) in [6.07, 6.45) is 0. The number of hydrogen-bond acceptors (Lipinski definition) is 4. The number of pyridine rings is 1. The van der Waals surface area contributed by atoms with E-state index in [9.17, 15) is 18.3 Å². The summed E-state index contributed by atoms with van der Waals surface area (Å²) in [4.78, 5) is 10.4. The first-order valence-corrected chi connectivity index (χ1v) is 5.06. The minimum absolute atomic E-state index is 0.00750. The summed E-state index contributed by atoms with van der Waals surface area (Å²) >= 11 is 0. The van der Waals surface area contributed by atoms with Gasteiger partial charge in [-0.15, -0.1) is 0 Å². The van der Waals surface area contributed by atoms with E-state index in [-0.39, 0.29) is 5.56 Å². The Hall–Kier alpha value is -1.34. The van der Waals surface area contributed by atoms with Crippen molar-refractivity contribution in [1.82, 2.24) is 4.57 Å². The molecule has 0 saturated heterocycles. The summed E-state index contributed by atoms with van der Waals surface area (Å²) in [5.41, 5.74) is -0.541. The van der Waals surface area contributed by atoms with Gasteiger partial charge >= 0.3 is 0 Å². The molecule has 0 aromatic carbocycles. The number of hydrogen-bond donors (Lipinski definition) is 2. The number of aromatic nitrogens is 1. The second kappa shape index (κ2) is 3.10. The van der Waals surface area contributed by atoms with Crippen LogP contribution in [0.3, 0.4) is 0 Å². The van der Waals surface area contributed by atoms with Crippen LogP contribution in [0, 0.1) is 6.92 Å². The van der Waals surface area contributed by atoms with Crippen molar-refractivity contribution in [2.24, 2.45) is 7.05 Å². The molecule has 1 aromatic heterocycles. The first-order valence-electron chi connectivity index (χ1n) is 3.62. The van der Waals surface area contributed by atoms with Gasteiger partial charge in [-0.05, 0) is 12.5 Å². The van der Waals surface area contributed by atoms with Crippen molar-refractivity contribution in [3.63, 3.8) is 0 Å². The molecule has 6 nitrogen and oxygen atoms in total. The molecule has 0 fully saturated rings. The Morgan fingerprint density at radius 1 is 1.43 bits per heavy atom. The maximum Gasteiger partial charge on any atom is 0.300 e. The van der Waals surface area contributed by atoms with Crippen LogP contribution in [0.2, 0.25) is 0 Å². The van der Waals surface area contributed by atoms with Crippen molar-refractivity contribution in [2.75, 3.05) is 0 Å². The number of aryl methyl sites for hydroxylation is 1. The van der Waals surface area contributed by atoms with Crippen LogP contribution in [-0.4, -0.2) is 22.6 Å². The fourth-order valence-electron chi connectivity index (χ4n) is 1.10. The lowest BCUT2D eigenvalue weighted by Gasteiger charge is -2.08. The first-order chi connectivity index (χ1) is 6.25. The minimum Gasteiger partial charge on any atom is -0.493 e. The molecule has 0 amide bonds. The molecule has 2 N–H and O–H groups in total. The minimum atomic E-state index is -4.51. The van der Waals surface area contributed by atoms with Gasteiger partial charge in [-0.1, -0.05) is 0 Å². The molecule has 0 saturated carbocycles. The fraction of sp³-hybridized carbons (Fsp3) is 0.286. The van der Waals surface area contributed by atoms with Crippen LogP contribution in [0.1, 0.15) is 5.56 Å². The van der Waals surface area contributed by atoms with Crippen LogP contribution < -0.4 is 5.56 Å². The van der Waals surface area contributed by atoms with Crippen LogP contribution in [0.5, 0.6) is 5.88 Å². The molecule has 7 heteroatoms. The van der Waals surface area contributed by atoms with Crippen molar-refractivity contribution in [1.29, 1.82) is 0 Å². The average Bonchev–Trinajstić information content (AvgIpc) is 1.97. The summed E-state index contributed by atoms with van der Waals surface area (Å²) in [6.45, 7) is 1.31. The maximum atomic E-state index is 11.1. The summed E-state index contributed by atoms with van der Waals surface area (Å²) < 4.78 is 31.1. The molecule has 78 valence electrons. The van der Waals surface area contributed by atoms with Gasteiger partial charge in [0.05, 0.1) is 0 Å². The fourth-order valence-corrected chi connectivity index (χ4v) is 1.93. The van der Waals surface area contributed by atoms with Gasteiger partial charge in [-0.25, -0.2) is 0 Å². The molecule has 0 aliphatic rings. The Kier molecular flexibility index (Phi) is 2.38. The van der Waals surface area contributed by atoms with E-state index in [1.807, 2.05) is 0 Å². The van der Waals surface area contributed by atoms with E-state index >= 15 is 0 Å². The van der Waals surface area contributed by atoms with Crippen molar-refractivity contribution in [3.8, 4) is 5.88 Å². The number of aromatic hydroxyl groups is 1. The molecule has 1 aromatic rings. The Bertz CT molecular complexity index is 528. The zero-order chi connectivity index (χ0) is 11.1. The zero-order valence-corrected chi connectivity index (χ0v) is 8.37. The van der Waals surface area contributed by atoms with Gasteiger partial charge in [0.25, 0.3) is 15.7 Å². The Morgan fingerprint density at radius 3 is 2.36 bits per heavy atom. The highest BCUT2D eigenvalue weighted by atomic mass is 32.2. The largest absolute Gasteiger partial charge is 0.493 e. The molecule has 1 rings (SSSR count). The molecule has 1 heterocycles. The van der Waals surface area contributed by atoms with E-state index in [4.69, 9.17) is 4.55 Å². The second-order valence-corrected chi connectivity index (χ2v) is 4.21. The van der Waals surface area contributed by atoms with Crippen LogP contribution in [0.15, 0.2) is 15.8 Å². The van der Waals surface area contributed by atoms with Gasteiger partial charge in [0, 0.05) is 13.1 Å². The zero-order valence-electron chi connectivity index (χ0n) is 7.55. The number of nitrogens with zero attached hydrogens (tertiary/aromatic N) is 1. The van der Waals surface area contributed by atoms with Crippen molar-refractivity contribution < 1.29 is 18.1 Å². The highest BCUT2D eigenvalue weighted by Gasteiger charge is 2.21. The maximum absolute atomic E-state index is 11.1. The lowest BCUT2D eigenvalue weighted by atomic mass is 10.3. The summed E-state index contributed by atoms with van der Waals surface area (Å²) in [5, 5.41) is 9.32. The topological polar surface area (TPSA) is 96.6 Å². The molecular formula is C7H9NO5S. The van der Waals surface area contributed by atoms with Crippen LogP contribution in [-0.2, 0) is 17.2 Å². The van der Waals surface area contributed by atoms with E-state index < -0.39 is 26.5 Å². The predicted octanol–water partition coefficient (Wildman–Crippen LogP) is -0.354. The normalized spacial score (nSPS) is 11.6. The number of rotatable bonds is 1. The highest BCUT2D eigenvalue weighted by molar-refractivity contribution is 7.86. The Balaban J connectivity index is 3.79. The van der Waals surface area contributed by atoms with Gasteiger partial charge in [-0.2, -0.15) is 8.42 Å². The lowest BCUT2D eigenvalue weighted by molar-refractivity contribution is 0.397. The monoisotopic (exact) mass is 219 g/mol. The van der Waals surface area contributed by atoms with Crippen LogP contribution in [0.25, 0.3) is 0 Å². The van der Waals surface area contributed by atoms with Crippen LogP contribution >= 0.6 is 0 Å². The van der Waals surface area contributed by atoms with Crippen molar-refractivity contribution >= 4 is 10.1 Å². The third-order valence-corrected chi connectivity index (χ3v) is 2.83. The van der Waals surface area contributed by atoms with Gasteiger partial charge in [-0.3, -0.25) is 13.9 Å². The van der Waals surface area contributed by atoms with E-state index in [1.165, 1.54) is 14.0 Å². The molecule has 0 unspecified atom stereocenters. The lowest BCUT2D eigenvalue weighted by Crippen LogP contribution is -2.19. The summed E-state index contributed by atoms with van der Waals surface area (Å²) in [6, 6.07) is 1.02. The van der Waals surface area contributed by atoms with Crippen molar-refractivity contribution in [2.45, 2.75) is 11.8 Å². The summed E-state index contributed by atoms with van der Waals surface area (Å²) in [7, 11) is -3.31. The van der Waals surface area contributed by atoms with Gasteiger partial charge < -0.3 is 5.11 Å². The van der Waals surface area contributed by atoms with E-state index in [1.54, 1.807) is 0 Å².